The quantitative estimate of drug-likeness (QED) is 0.732. The van der Waals surface area contributed by atoms with E-state index in [1.54, 1.807) is 31.3 Å². The minimum Gasteiger partial charge on any atom is -0.357 e. The standard InChI is InChI=1S/C18H24ClN3O2S/c1-4-10-22(11-5-2)18-9-6-15(13-20-18)21-25(23,24)16-7-8-17(19)14(3)12-16/h6-9,12-13,21H,4-5,10-11H2,1-3H3. The molecule has 1 N–H and O–H groups in total. The van der Waals surface area contributed by atoms with Crippen molar-refractivity contribution in [1.82, 2.24) is 4.98 Å². The zero-order chi connectivity index (χ0) is 18.4. The summed E-state index contributed by atoms with van der Waals surface area (Å²) in [6.45, 7) is 7.87. The highest BCUT2D eigenvalue weighted by Gasteiger charge is 2.16. The smallest absolute Gasteiger partial charge is 0.261 e. The van der Waals surface area contributed by atoms with Gasteiger partial charge in [0, 0.05) is 18.1 Å². The van der Waals surface area contributed by atoms with Crippen LogP contribution in [0.5, 0.6) is 0 Å². The Balaban J connectivity index is 2.18. The van der Waals surface area contributed by atoms with Crippen LogP contribution in [-0.4, -0.2) is 26.5 Å². The second-order valence-corrected chi connectivity index (χ2v) is 8.00. The molecule has 7 heteroatoms. The van der Waals surface area contributed by atoms with Gasteiger partial charge in [-0.05, 0) is 55.7 Å². The summed E-state index contributed by atoms with van der Waals surface area (Å²) >= 11 is 5.96. The van der Waals surface area contributed by atoms with Gasteiger partial charge in [-0.2, -0.15) is 0 Å². The minimum absolute atomic E-state index is 0.178. The Hall–Kier alpha value is -1.79. The Bertz CT molecular complexity index is 802. The van der Waals surface area contributed by atoms with E-state index < -0.39 is 10.0 Å². The lowest BCUT2D eigenvalue weighted by Gasteiger charge is -2.22. The molecule has 0 bridgehead atoms. The fraction of sp³-hybridized carbons (Fsp3) is 0.389. The summed E-state index contributed by atoms with van der Waals surface area (Å²) < 4.78 is 27.6. The van der Waals surface area contributed by atoms with Crippen LogP contribution in [0.4, 0.5) is 11.5 Å². The van der Waals surface area contributed by atoms with Crippen LogP contribution < -0.4 is 9.62 Å². The number of aryl methyl sites for hydroxylation is 1. The van der Waals surface area contributed by atoms with E-state index in [2.05, 4.69) is 28.5 Å². The number of pyridine rings is 1. The summed E-state index contributed by atoms with van der Waals surface area (Å²) in [5, 5.41) is 0.539. The lowest BCUT2D eigenvalue weighted by Crippen LogP contribution is -2.25. The first kappa shape index (κ1) is 19.5. The van der Waals surface area contributed by atoms with Gasteiger partial charge in [0.15, 0.2) is 0 Å². The van der Waals surface area contributed by atoms with Crippen LogP contribution in [0.1, 0.15) is 32.3 Å². The second-order valence-electron chi connectivity index (χ2n) is 5.91. The molecule has 0 fully saturated rings. The molecule has 2 rings (SSSR count). The molecule has 0 saturated heterocycles. The van der Waals surface area contributed by atoms with Crippen molar-refractivity contribution in [2.75, 3.05) is 22.7 Å². The first-order valence-electron chi connectivity index (χ1n) is 8.37. The molecule has 1 aromatic heterocycles. The SMILES string of the molecule is CCCN(CCC)c1ccc(NS(=O)(=O)c2ccc(Cl)c(C)c2)cn1. The summed E-state index contributed by atoms with van der Waals surface area (Å²) in [5.41, 5.74) is 1.15. The van der Waals surface area contributed by atoms with Crippen molar-refractivity contribution < 1.29 is 8.42 Å². The number of hydrogen-bond acceptors (Lipinski definition) is 4. The van der Waals surface area contributed by atoms with E-state index in [1.807, 2.05) is 6.07 Å². The molecule has 25 heavy (non-hydrogen) atoms. The third kappa shape index (κ3) is 5.09. The van der Waals surface area contributed by atoms with E-state index >= 15 is 0 Å². The maximum absolute atomic E-state index is 12.5. The van der Waals surface area contributed by atoms with Crippen LogP contribution in [0.25, 0.3) is 0 Å². The summed E-state index contributed by atoms with van der Waals surface area (Å²) in [5.74, 6) is 0.856. The van der Waals surface area contributed by atoms with Gasteiger partial charge in [0.25, 0.3) is 10.0 Å². The molecular formula is C18H24ClN3O2S. The molecule has 2 aromatic rings. The van der Waals surface area contributed by atoms with Gasteiger partial charge in [0.05, 0.1) is 16.8 Å². The summed E-state index contributed by atoms with van der Waals surface area (Å²) in [6.07, 6.45) is 3.62. The van der Waals surface area contributed by atoms with Gasteiger partial charge in [-0.15, -0.1) is 0 Å². The van der Waals surface area contributed by atoms with Crippen molar-refractivity contribution in [3.05, 3.63) is 47.1 Å². The van der Waals surface area contributed by atoms with Crippen molar-refractivity contribution >= 4 is 33.1 Å². The van der Waals surface area contributed by atoms with Crippen molar-refractivity contribution in [3.8, 4) is 0 Å². The van der Waals surface area contributed by atoms with E-state index in [1.165, 1.54) is 6.07 Å². The topological polar surface area (TPSA) is 62.3 Å². The van der Waals surface area contributed by atoms with Gasteiger partial charge in [-0.25, -0.2) is 13.4 Å². The first-order chi connectivity index (χ1) is 11.9. The number of aromatic nitrogens is 1. The van der Waals surface area contributed by atoms with E-state index in [9.17, 15) is 8.42 Å². The van der Waals surface area contributed by atoms with Gasteiger partial charge < -0.3 is 4.90 Å². The normalized spacial score (nSPS) is 11.4. The molecule has 0 saturated carbocycles. The molecule has 1 heterocycles. The number of nitrogens with zero attached hydrogens (tertiary/aromatic N) is 2. The molecule has 136 valence electrons. The molecule has 5 nitrogen and oxygen atoms in total. The second kappa shape index (κ2) is 8.54. The fourth-order valence-corrected chi connectivity index (χ4v) is 3.76. The van der Waals surface area contributed by atoms with E-state index in [-0.39, 0.29) is 4.90 Å². The van der Waals surface area contributed by atoms with Crippen LogP contribution in [0.3, 0.4) is 0 Å². The Morgan fingerprint density at radius 3 is 2.32 bits per heavy atom. The van der Waals surface area contributed by atoms with Crippen LogP contribution in [-0.2, 0) is 10.0 Å². The van der Waals surface area contributed by atoms with E-state index in [0.29, 0.717) is 16.3 Å². The molecule has 0 radical (unpaired) electrons. The fourth-order valence-electron chi connectivity index (χ4n) is 2.51. The van der Waals surface area contributed by atoms with Crippen molar-refractivity contribution in [1.29, 1.82) is 0 Å². The molecule has 0 aliphatic carbocycles. The number of rotatable bonds is 8. The number of benzene rings is 1. The van der Waals surface area contributed by atoms with Gasteiger partial charge in [0.2, 0.25) is 0 Å². The lowest BCUT2D eigenvalue weighted by atomic mass is 10.2. The molecule has 1 aromatic carbocycles. The highest BCUT2D eigenvalue weighted by molar-refractivity contribution is 7.92. The monoisotopic (exact) mass is 381 g/mol. The van der Waals surface area contributed by atoms with Gasteiger partial charge >= 0.3 is 0 Å². The molecule has 0 atom stereocenters. The molecule has 0 spiro atoms. The third-order valence-corrected chi connectivity index (χ3v) is 5.55. The third-order valence-electron chi connectivity index (χ3n) is 3.75. The van der Waals surface area contributed by atoms with Gasteiger partial charge in [-0.1, -0.05) is 25.4 Å². The average Bonchev–Trinajstić information content (AvgIpc) is 2.57. The highest BCUT2D eigenvalue weighted by Crippen LogP contribution is 2.22. The van der Waals surface area contributed by atoms with Crippen molar-refractivity contribution in [2.24, 2.45) is 0 Å². The number of hydrogen-bond donors (Lipinski definition) is 1. The average molecular weight is 382 g/mol. The molecule has 0 unspecified atom stereocenters. The van der Waals surface area contributed by atoms with Crippen LogP contribution in [0.2, 0.25) is 5.02 Å². The zero-order valence-electron chi connectivity index (χ0n) is 14.8. The van der Waals surface area contributed by atoms with E-state index in [4.69, 9.17) is 11.6 Å². The summed E-state index contributed by atoms with van der Waals surface area (Å²) in [6, 6.07) is 8.21. The van der Waals surface area contributed by atoms with Crippen LogP contribution in [0, 0.1) is 6.92 Å². The maximum atomic E-state index is 12.5. The zero-order valence-corrected chi connectivity index (χ0v) is 16.4. The summed E-state index contributed by atoms with van der Waals surface area (Å²) in [7, 11) is -3.67. The maximum Gasteiger partial charge on any atom is 0.261 e. The molecule has 0 aliphatic heterocycles. The number of nitrogens with one attached hydrogen (secondary N) is 1. The molecular weight excluding hydrogens is 358 g/mol. The number of anilines is 2. The number of sulfonamides is 1. The van der Waals surface area contributed by atoms with Crippen molar-refractivity contribution in [3.63, 3.8) is 0 Å². The van der Waals surface area contributed by atoms with Gasteiger partial charge in [0.1, 0.15) is 5.82 Å². The summed E-state index contributed by atoms with van der Waals surface area (Å²) in [4.78, 5) is 6.78. The Morgan fingerprint density at radius 1 is 1.12 bits per heavy atom. The lowest BCUT2D eigenvalue weighted by molar-refractivity contribution is 0.601. The van der Waals surface area contributed by atoms with Gasteiger partial charge in [-0.3, -0.25) is 4.72 Å². The molecule has 0 amide bonds. The number of halogens is 1. The first-order valence-corrected chi connectivity index (χ1v) is 10.2. The van der Waals surface area contributed by atoms with Crippen molar-refractivity contribution in [2.45, 2.75) is 38.5 Å². The van der Waals surface area contributed by atoms with E-state index in [0.717, 1.165) is 31.7 Å². The largest absolute Gasteiger partial charge is 0.357 e. The molecule has 0 aliphatic rings. The Labute approximate surface area is 155 Å². The van der Waals surface area contributed by atoms with Crippen LogP contribution >= 0.6 is 11.6 Å². The minimum atomic E-state index is -3.67. The Kier molecular flexibility index (Phi) is 6.67. The predicted octanol–water partition coefficient (Wildman–Crippen LogP) is 4.47. The Morgan fingerprint density at radius 2 is 1.80 bits per heavy atom. The predicted molar refractivity (Wildman–Crippen MR) is 104 cm³/mol. The van der Waals surface area contributed by atoms with Crippen LogP contribution in [0.15, 0.2) is 41.4 Å². The highest BCUT2D eigenvalue weighted by atomic mass is 35.5.